The van der Waals surface area contributed by atoms with Crippen molar-refractivity contribution < 1.29 is 13.9 Å². The van der Waals surface area contributed by atoms with Gasteiger partial charge in [0, 0.05) is 26.2 Å². The molecule has 3 heterocycles. The Hall–Kier alpha value is -2.85. The topological polar surface area (TPSA) is 88.0 Å². The van der Waals surface area contributed by atoms with Gasteiger partial charge in [0.25, 0.3) is 0 Å². The number of hydrogen-bond donors (Lipinski definition) is 1. The van der Waals surface area contributed by atoms with Crippen molar-refractivity contribution >= 4 is 24.1 Å². The fourth-order valence-electron chi connectivity index (χ4n) is 2.96. The monoisotopic (exact) mass is 387 g/mol. The zero-order valence-electron chi connectivity index (χ0n) is 15.4. The van der Waals surface area contributed by atoms with E-state index in [0.717, 1.165) is 26.2 Å². The van der Waals surface area contributed by atoms with Crippen LogP contribution in [0, 0.1) is 5.82 Å². The van der Waals surface area contributed by atoms with Gasteiger partial charge in [-0.15, -0.1) is 0 Å². The molecule has 0 aliphatic carbocycles. The SMILES string of the molecule is Fc1cccc(/C=N/Nc2nc(N3CCOCC3)nc(N3CCOCC3)n2)c1. The first-order valence-electron chi connectivity index (χ1n) is 9.24. The van der Waals surface area contributed by atoms with Gasteiger partial charge in [-0.25, -0.2) is 9.82 Å². The van der Waals surface area contributed by atoms with Crippen molar-refractivity contribution in [2.24, 2.45) is 5.10 Å². The molecule has 148 valence electrons. The molecule has 2 aromatic rings. The smallest absolute Gasteiger partial charge is 0.250 e. The van der Waals surface area contributed by atoms with Crippen LogP contribution < -0.4 is 15.2 Å². The Kier molecular flexibility index (Phi) is 5.88. The molecule has 0 radical (unpaired) electrons. The van der Waals surface area contributed by atoms with Crippen LogP contribution in [0.25, 0.3) is 0 Å². The van der Waals surface area contributed by atoms with Crippen molar-refractivity contribution in [3.05, 3.63) is 35.6 Å². The summed E-state index contributed by atoms with van der Waals surface area (Å²) in [6, 6.07) is 6.18. The van der Waals surface area contributed by atoms with Crippen molar-refractivity contribution in [2.45, 2.75) is 0 Å². The molecular weight excluding hydrogens is 365 g/mol. The first kappa shape index (κ1) is 18.5. The van der Waals surface area contributed by atoms with E-state index in [0.29, 0.717) is 49.8 Å². The van der Waals surface area contributed by atoms with E-state index in [1.165, 1.54) is 18.3 Å². The van der Waals surface area contributed by atoms with Crippen LogP contribution >= 0.6 is 0 Å². The Labute approximate surface area is 162 Å². The minimum Gasteiger partial charge on any atom is -0.378 e. The van der Waals surface area contributed by atoms with Gasteiger partial charge in [0.1, 0.15) is 5.82 Å². The average Bonchev–Trinajstić information content (AvgIpc) is 2.75. The van der Waals surface area contributed by atoms with E-state index in [-0.39, 0.29) is 5.82 Å². The van der Waals surface area contributed by atoms with Crippen LogP contribution in [-0.2, 0) is 9.47 Å². The van der Waals surface area contributed by atoms with E-state index in [2.05, 4.69) is 35.3 Å². The van der Waals surface area contributed by atoms with E-state index in [1.54, 1.807) is 12.1 Å². The Morgan fingerprint density at radius 2 is 1.54 bits per heavy atom. The van der Waals surface area contributed by atoms with Crippen molar-refractivity contribution in [3.8, 4) is 0 Å². The number of ether oxygens (including phenoxy) is 2. The van der Waals surface area contributed by atoms with E-state index >= 15 is 0 Å². The van der Waals surface area contributed by atoms with Crippen LogP contribution in [-0.4, -0.2) is 73.8 Å². The second kappa shape index (κ2) is 8.89. The summed E-state index contributed by atoms with van der Waals surface area (Å²) in [5.41, 5.74) is 3.48. The third-order valence-electron chi connectivity index (χ3n) is 4.43. The molecule has 2 aliphatic heterocycles. The molecule has 2 saturated heterocycles. The number of hydrazone groups is 1. The van der Waals surface area contributed by atoms with Crippen molar-refractivity contribution in [3.63, 3.8) is 0 Å². The summed E-state index contributed by atoms with van der Waals surface area (Å²) >= 11 is 0. The highest BCUT2D eigenvalue weighted by Gasteiger charge is 2.20. The normalized spacial score (nSPS) is 17.9. The molecule has 0 saturated carbocycles. The van der Waals surface area contributed by atoms with Gasteiger partial charge in [-0.05, 0) is 17.7 Å². The summed E-state index contributed by atoms with van der Waals surface area (Å²) in [5, 5.41) is 4.14. The number of hydrogen-bond acceptors (Lipinski definition) is 9. The van der Waals surface area contributed by atoms with Gasteiger partial charge >= 0.3 is 0 Å². The summed E-state index contributed by atoms with van der Waals surface area (Å²) < 4.78 is 24.1. The molecule has 0 amide bonds. The second-order valence-electron chi connectivity index (χ2n) is 6.38. The predicted octanol–water partition coefficient (Wildman–Crippen LogP) is 1.13. The minimum absolute atomic E-state index is 0.312. The number of nitrogens with zero attached hydrogens (tertiary/aromatic N) is 6. The summed E-state index contributed by atoms with van der Waals surface area (Å²) in [7, 11) is 0. The van der Waals surface area contributed by atoms with Crippen molar-refractivity contribution in [1.82, 2.24) is 15.0 Å². The standard InChI is InChI=1S/C18H22FN7O2/c19-15-3-1-2-14(12-15)13-20-24-16-21-17(25-4-8-27-9-5-25)23-18(22-16)26-6-10-28-11-7-26/h1-3,12-13H,4-11H2,(H,21,22,23,24)/b20-13+. The fraction of sp³-hybridized carbons (Fsp3) is 0.444. The Morgan fingerprint density at radius 1 is 0.929 bits per heavy atom. The molecule has 0 bridgehead atoms. The van der Waals surface area contributed by atoms with E-state index in [4.69, 9.17) is 9.47 Å². The van der Waals surface area contributed by atoms with E-state index in [1.807, 2.05) is 0 Å². The summed E-state index contributed by atoms with van der Waals surface area (Å²) in [6.45, 7) is 5.44. The van der Waals surface area contributed by atoms with Gasteiger partial charge in [-0.1, -0.05) is 12.1 Å². The van der Waals surface area contributed by atoms with Crippen molar-refractivity contribution in [1.29, 1.82) is 0 Å². The number of benzene rings is 1. The first-order valence-corrected chi connectivity index (χ1v) is 9.24. The molecule has 1 aromatic carbocycles. The van der Waals surface area contributed by atoms with Gasteiger partial charge in [-0.3, -0.25) is 0 Å². The van der Waals surface area contributed by atoms with Gasteiger partial charge < -0.3 is 19.3 Å². The summed E-state index contributed by atoms with van der Waals surface area (Å²) in [4.78, 5) is 17.8. The van der Waals surface area contributed by atoms with Crippen LogP contribution in [0.5, 0.6) is 0 Å². The van der Waals surface area contributed by atoms with Crippen LogP contribution in [0.4, 0.5) is 22.2 Å². The number of halogens is 1. The van der Waals surface area contributed by atoms with E-state index < -0.39 is 0 Å². The number of nitrogens with one attached hydrogen (secondary N) is 1. The predicted molar refractivity (Wildman–Crippen MR) is 104 cm³/mol. The molecule has 2 fully saturated rings. The number of aromatic nitrogens is 3. The Bertz CT molecular complexity index is 787. The van der Waals surface area contributed by atoms with Crippen LogP contribution in [0.2, 0.25) is 0 Å². The molecule has 0 spiro atoms. The highest BCUT2D eigenvalue weighted by molar-refractivity contribution is 5.79. The zero-order valence-corrected chi connectivity index (χ0v) is 15.4. The molecule has 4 rings (SSSR count). The second-order valence-corrected chi connectivity index (χ2v) is 6.38. The molecule has 1 N–H and O–H groups in total. The molecule has 10 heteroatoms. The highest BCUT2D eigenvalue weighted by Crippen LogP contribution is 2.18. The molecule has 9 nitrogen and oxygen atoms in total. The maximum Gasteiger partial charge on any atom is 0.250 e. The molecule has 0 unspecified atom stereocenters. The first-order chi connectivity index (χ1) is 13.8. The van der Waals surface area contributed by atoms with E-state index in [9.17, 15) is 4.39 Å². The lowest BCUT2D eigenvalue weighted by Gasteiger charge is -2.30. The van der Waals surface area contributed by atoms with Crippen molar-refractivity contribution in [2.75, 3.05) is 67.8 Å². The zero-order chi connectivity index (χ0) is 19.2. The maximum atomic E-state index is 13.3. The average molecular weight is 387 g/mol. The van der Waals surface area contributed by atoms with Crippen LogP contribution in [0.1, 0.15) is 5.56 Å². The lowest BCUT2D eigenvalue weighted by molar-refractivity contribution is 0.121. The summed E-state index contributed by atoms with van der Waals surface area (Å²) in [6.07, 6.45) is 1.52. The largest absolute Gasteiger partial charge is 0.378 e. The highest BCUT2D eigenvalue weighted by atomic mass is 19.1. The Balaban J connectivity index is 1.55. The van der Waals surface area contributed by atoms with Gasteiger partial charge in [0.15, 0.2) is 0 Å². The number of morpholine rings is 2. The minimum atomic E-state index is -0.312. The third-order valence-corrected chi connectivity index (χ3v) is 4.43. The van der Waals surface area contributed by atoms with Crippen LogP contribution in [0.15, 0.2) is 29.4 Å². The lowest BCUT2D eigenvalue weighted by atomic mass is 10.2. The fourth-order valence-corrected chi connectivity index (χ4v) is 2.96. The van der Waals surface area contributed by atoms with Gasteiger partial charge in [-0.2, -0.15) is 20.1 Å². The van der Waals surface area contributed by atoms with Gasteiger partial charge in [0.05, 0.1) is 32.6 Å². The molecule has 28 heavy (non-hydrogen) atoms. The molecule has 1 aromatic heterocycles. The Morgan fingerprint density at radius 3 is 2.11 bits per heavy atom. The number of rotatable bonds is 5. The molecule has 2 aliphatic rings. The van der Waals surface area contributed by atoms with Gasteiger partial charge in [0.2, 0.25) is 17.8 Å². The lowest BCUT2D eigenvalue weighted by Crippen LogP contribution is -2.40. The quantitative estimate of drug-likeness (QED) is 0.604. The van der Waals surface area contributed by atoms with Crippen LogP contribution in [0.3, 0.4) is 0 Å². The maximum absolute atomic E-state index is 13.3. The number of anilines is 3. The summed E-state index contributed by atoms with van der Waals surface area (Å²) in [5.74, 6) is 1.20. The molecule has 0 atom stereocenters. The third kappa shape index (κ3) is 4.70. The molecular formula is C18H22FN7O2.